The van der Waals surface area contributed by atoms with Crippen molar-refractivity contribution in [2.75, 3.05) is 0 Å². The van der Waals surface area contributed by atoms with Crippen molar-refractivity contribution in [2.45, 2.75) is 26.4 Å². The summed E-state index contributed by atoms with van der Waals surface area (Å²) >= 11 is 3.25. The molecule has 0 bridgehead atoms. The number of aromatic amines is 1. The molecule has 0 fully saturated rings. The summed E-state index contributed by atoms with van der Waals surface area (Å²) in [6.45, 7) is 4.72. The smallest absolute Gasteiger partial charge is 0.270 e. The van der Waals surface area contributed by atoms with Gasteiger partial charge in [-0.25, -0.2) is 0 Å². The highest BCUT2D eigenvalue weighted by atomic mass is 79.9. The predicted octanol–water partition coefficient (Wildman–Crippen LogP) is 1.88. The predicted molar refractivity (Wildman–Crippen MR) is 70.1 cm³/mol. The van der Waals surface area contributed by atoms with Crippen LogP contribution in [0.1, 0.15) is 36.1 Å². The van der Waals surface area contributed by atoms with E-state index in [1.165, 1.54) is 0 Å². The molecule has 1 atom stereocenters. The number of aromatic nitrogens is 4. The molecule has 18 heavy (non-hydrogen) atoms. The van der Waals surface area contributed by atoms with E-state index < -0.39 is 0 Å². The van der Waals surface area contributed by atoms with Gasteiger partial charge in [0.1, 0.15) is 5.69 Å². The summed E-state index contributed by atoms with van der Waals surface area (Å²) in [6, 6.07) is 1.75. The Morgan fingerprint density at radius 2 is 2.44 bits per heavy atom. The second kappa shape index (κ2) is 5.34. The Kier molecular flexibility index (Phi) is 3.81. The quantitative estimate of drug-likeness (QED) is 0.905. The van der Waals surface area contributed by atoms with Crippen LogP contribution in [0, 0.1) is 0 Å². The molecule has 7 heteroatoms. The zero-order valence-electron chi connectivity index (χ0n) is 10.1. The van der Waals surface area contributed by atoms with E-state index in [0.29, 0.717) is 10.2 Å². The second-order valence-electron chi connectivity index (χ2n) is 3.88. The molecule has 0 saturated heterocycles. The molecule has 2 N–H and O–H groups in total. The highest BCUT2D eigenvalue weighted by Crippen LogP contribution is 2.15. The average Bonchev–Trinajstić information content (AvgIpc) is 2.96. The molecule has 1 unspecified atom stereocenters. The number of nitrogens with zero attached hydrogens (tertiary/aromatic N) is 3. The van der Waals surface area contributed by atoms with E-state index >= 15 is 0 Å². The maximum absolute atomic E-state index is 11.9. The van der Waals surface area contributed by atoms with E-state index in [2.05, 4.69) is 36.5 Å². The summed E-state index contributed by atoms with van der Waals surface area (Å²) in [5.74, 6) is -0.210. The molecule has 0 radical (unpaired) electrons. The maximum Gasteiger partial charge on any atom is 0.270 e. The molecule has 1 amide bonds. The molecular formula is C11H14BrN5O. The Hall–Kier alpha value is -1.63. The summed E-state index contributed by atoms with van der Waals surface area (Å²) in [7, 11) is 0. The standard InChI is InChI=1S/C11H14BrN5O/c1-3-17-5-4-9(16-17)7(2)14-11(18)10-8(12)6-13-15-10/h4-7H,3H2,1-2H3,(H,13,15)(H,14,18). The lowest BCUT2D eigenvalue weighted by Crippen LogP contribution is -2.27. The topological polar surface area (TPSA) is 75.6 Å². The van der Waals surface area contributed by atoms with Gasteiger partial charge in [0.15, 0.2) is 0 Å². The summed E-state index contributed by atoms with van der Waals surface area (Å²) in [6.07, 6.45) is 3.44. The molecule has 0 aromatic carbocycles. The van der Waals surface area contributed by atoms with Crippen molar-refractivity contribution in [2.24, 2.45) is 0 Å². The Morgan fingerprint density at radius 1 is 1.67 bits per heavy atom. The van der Waals surface area contributed by atoms with Crippen molar-refractivity contribution in [3.63, 3.8) is 0 Å². The Balaban J connectivity index is 2.05. The highest BCUT2D eigenvalue weighted by Gasteiger charge is 2.16. The van der Waals surface area contributed by atoms with Crippen LogP contribution in [0.3, 0.4) is 0 Å². The first-order valence-electron chi connectivity index (χ1n) is 5.65. The lowest BCUT2D eigenvalue weighted by molar-refractivity contribution is 0.0933. The van der Waals surface area contributed by atoms with Crippen molar-refractivity contribution < 1.29 is 4.79 Å². The number of rotatable bonds is 4. The number of carbonyl (C=O) groups is 1. The van der Waals surface area contributed by atoms with E-state index in [1.807, 2.05) is 30.8 Å². The molecule has 0 aliphatic rings. The number of carbonyl (C=O) groups excluding carboxylic acids is 1. The summed E-state index contributed by atoms with van der Waals surface area (Å²) < 4.78 is 2.47. The van der Waals surface area contributed by atoms with Gasteiger partial charge in [0.2, 0.25) is 0 Å². The van der Waals surface area contributed by atoms with Gasteiger partial charge in [0, 0.05) is 12.7 Å². The normalized spacial score (nSPS) is 12.4. The van der Waals surface area contributed by atoms with Crippen LogP contribution in [0.5, 0.6) is 0 Å². The molecule has 6 nitrogen and oxygen atoms in total. The van der Waals surface area contributed by atoms with Gasteiger partial charge >= 0.3 is 0 Å². The van der Waals surface area contributed by atoms with E-state index in [-0.39, 0.29) is 11.9 Å². The van der Waals surface area contributed by atoms with Gasteiger partial charge in [-0.05, 0) is 35.8 Å². The maximum atomic E-state index is 11.9. The second-order valence-corrected chi connectivity index (χ2v) is 4.74. The van der Waals surface area contributed by atoms with Gasteiger partial charge in [-0.15, -0.1) is 0 Å². The lowest BCUT2D eigenvalue weighted by Gasteiger charge is -2.10. The van der Waals surface area contributed by atoms with Crippen molar-refractivity contribution in [3.05, 3.63) is 34.3 Å². The zero-order valence-corrected chi connectivity index (χ0v) is 11.7. The summed E-state index contributed by atoms with van der Waals surface area (Å²) in [5, 5.41) is 13.6. The van der Waals surface area contributed by atoms with Gasteiger partial charge in [-0.1, -0.05) is 0 Å². The molecule has 2 rings (SSSR count). The minimum absolute atomic E-state index is 0.152. The third-order valence-corrected chi connectivity index (χ3v) is 3.20. The first kappa shape index (κ1) is 12.8. The SMILES string of the molecule is CCn1ccc(C(C)NC(=O)c2[nH]ncc2Br)n1. The van der Waals surface area contributed by atoms with Crippen molar-refractivity contribution in [1.82, 2.24) is 25.3 Å². The van der Waals surface area contributed by atoms with Gasteiger partial charge in [-0.3, -0.25) is 14.6 Å². The molecule has 2 heterocycles. The molecular weight excluding hydrogens is 298 g/mol. The van der Waals surface area contributed by atoms with Crippen LogP contribution in [-0.4, -0.2) is 25.9 Å². The fourth-order valence-corrected chi connectivity index (χ4v) is 1.93. The number of H-pyrrole nitrogens is 1. The molecule has 0 aliphatic heterocycles. The van der Waals surface area contributed by atoms with Crippen LogP contribution in [0.4, 0.5) is 0 Å². The number of aryl methyl sites for hydroxylation is 1. The zero-order chi connectivity index (χ0) is 13.1. The Morgan fingerprint density at radius 3 is 3.00 bits per heavy atom. The van der Waals surface area contributed by atoms with Crippen LogP contribution in [0.25, 0.3) is 0 Å². The molecule has 0 saturated carbocycles. The van der Waals surface area contributed by atoms with Gasteiger partial charge in [0.25, 0.3) is 5.91 Å². The Bertz CT molecular complexity index is 547. The third-order valence-electron chi connectivity index (χ3n) is 2.60. The number of hydrogen-bond donors (Lipinski definition) is 2. The number of hydrogen-bond acceptors (Lipinski definition) is 3. The Labute approximate surface area is 113 Å². The van der Waals surface area contributed by atoms with Gasteiger partial charge in [-0.2, -0.15) is 10.2 Å². The third kappa shape index (κ3) is 2.61. The molecule has 2 aromatic heterocycles. The summed E-state index contributed by atoms with van der Waals surface area (Å²) in [5.41, 5.74) is 1.25. The van der Waals surface area contributed by atoms with E-state index in [0.717, 1.165) is 12.2 Å². The lowest BCUT2D eigenvalue weighted by atomic mass is 10.2. The number of nitrogens with one attached hydrogen (secondary N) is 2. The van der Waals surface area contributed by atoms with E-state index in [4.69, 9.17) is 0 Å². The van der Waals surface area contributed by atoms with E-state index in [9.17, 15) is 4.79 Å². The number of halogens is 1. The van der Waals surface area contributed by atoms with Crippen LogP contribution < -0.4 is 5.32 Å². The van der Waals surface area contributed by atoms with Crippen molar-refractivity contribution in [1.29, 1.82) is 0 Å². The first-order valence-corrected chi connectivity index (χ1v) is 6.44. The highest BCUT2D eigenvalue weighted by molar-refractivity contribution is 9.10. The van der Waals surface area contributed by atoms with Crippen molar-refractivity contribution >= 4 is 21.8 Å². The van der Waals surface area contributed by atoms with Crippen molar-refractivity contribution in [3.8, 4) is 0 Å². The van der Waals surface area contributed by atoms with Crippen LogP contribution in [-0.2, 0) is 6.54 Å². The fourth-order valence-electron chi connectivity index (χ4n) is 1.56. The number of amides is 1. The van der Waals surface area contributed by atoms with Crippen LogP contribution in [0.2, 0.25) is 0 Å². The average molecular weight is 312 g/mol. The monoisotopic (exact) mass is 311 g/mol. The van der Waals surface area contributed by atoms with E-state index in [1.54, 1.807) is 6.20 Å². The van der Waals surface area contributed by atoms with Crippen LogP contribution in [0.15, 0.2) is 22.9 Å². The van der Waals surface area contributed by atoms with Crippen LogP contribution >= 0.6 is 15.9 Å². The molecule has 0 spiro atoms. The fraction of sp³-hybridized carbons (Fsp3) is 0.364. The molecule has 0 aliphatic carbocycles. The first-order chi connectivity index (χ1) is 8.61. The van der Waals surface area contributed by atoms with Gasteiger partial charge < -0.3 is 5.32 Å². The minimum Gasteiger partial charge on any atom is -0.343 e. The molecule has 2 aromatic rings. The van der Waals surface area contributed by atoms with Gasteiger partial charge in [0.05, 0.1) is 22.4 Å². The molecule has 96 valence electrons. The largest absolute Gasteiger partial charge is 0.343 e. The summed E-state index contributed by atoms with van der Waals surface area (Å²) in [4.78, 5) is 11.9. The minimum atomic E-state index is -0.210.